The molecule has 0 aliphatic carbocycles. The van der Waals surface area contributed by atoms with Crippen LogP contribution in [-0.4, -0.2) is 31.2 Å². The third-order valence-corrected chi connectivity index (χ3v) is 3.34. The molecule has 0 radical (unpaired) electrons. The van der Waals surface area contributed by atoms with E-state index in [2.05, 4.69) is 0 Å². The largest absolute Gasteiger partial charge is 0.462 e. The fourth-order valence-corrected chi connectivity index (χ4v) is 2.29. The molecular weight excluding hydrogens is 266 g/mol. The van der Waals surface area contributed by atoms with Crippen molar-refractivity contribution in [3.63, 3.8) is 0 Å². The lowest BCUT2D eigenvalue weighted by atomic mass is 10.0. The number of nitrogens with two attached hydrogens (primary N) is 1. The van der Waals surface area contributed by atoms with E-state index in [1.165, 1.54) is 0 Å². The molecule has 1 fully saturated rings. The highest BCUT2D eigenvalue weighted by Gasteiger charge is 2.38. The van der Waals surface area contributed by atoms with Crippen molar-refractivity contribution in [2.45, 2.75) is 31.9 Å². The number of ether oxygens (including phenoxy) is 1. The van der Waals surface area contributed by atoms with Crippen molar-refractivity contribution in [2.24, 2.45) is 5.73 Å². The van der Waals surface area contributed by atoms with Gasteiger partial charge in [0.25, 0.3) is 5.92 Å². The molecule has 110 valence electrons. The summed E-state index contributed by atoms with van der Waals surface area (Å²) in [6.07, 6.45) is -1.28. The van der Waals surface area contributed by atoms with Crippen LogP contribution in [0.15, 0.2) is 24.3 Å². The Labute approximate surface area is 116 Å². The van der Waals surface area contributed by atoms with Crippen molar-refractivity contribution in [1.29, 1.82) is 0 Å². The Hall–Kier alpha value is -1.69. The van der Waals surface area contributed by atoms with E-state index in [4.69, 9.17) is 10.5 Å². The van der Waals surface area contributed by atoms with Gasteiger partial charge in [0.15, 0.2) is 0 Å². The van der Waals surface area contributed by atoms with Gasteiger partial charge in [0, 0.05) is 25.1 Å². The molecule has 4 nitrogen and oxygen atoms in total. The Bertz CT molecular complexity index is 477. The maximum atomic E-state index is 13.2. The van der Waals surface area contributed by atoms with Crippen LogP contribution >= 0.6 is 0 Å². The summed E-state index contributed by atoms with van der Waals surface area (Å²) in [5.41, 5.74) is 6.96. The molecule has 0 saturated carbocycles. The van der Waals surface area contributed by atoms with E-state index in [-0.39, 0.29) is 19.4 Å². The molecular formula is C14H18F2N2O2. The summed E-state index contributed by atoms with van der Waals surface area (Å²) < 4.78 is 31.3. The monoisotopic (exact) mass is 284 g/mol. The van der Waals surface area contributed by atoms with Crippen molar-refractivity contribution in [2.75, 3.05) is 18.1 Å². The van der Waals surface area contributed by atoms with Crippen LogP contribution in [0.4, 0.5) is 14.5 Å². The normalized spacial score (nSPS) is 21.6. The van der Waals surface area contributed by atoms with E-state index in [0.29, 0.717) is 12.2 Å². The zero-order valence-electron chi connectivity index (χ0n) is 11.3. The Morgan fingerprint density at radius 2 is 2.10 bits per heavy atom. The lowest BCUT2D eigenvalue weighted by Crippen LogP contribution is -2.51. The van der Waals surface area contributed by atoms with E-state index < -0.39 is 18.1 Å². The first-order valence-corrected chi connectivity index (χ1v) is 6.60. The molecule has 0 spiro atoms. The van der Waals surface area contributed by atoms with Crippen LogP contribution < -0.4 is 10.6 Å². The summed E-state index contributed by atoms with van der Waals surface area (Å²) in [5, 5.41) is 0. The second-order valence-electron chi connectivity index (χ2n) is 4.84. The number of halogens is 2. The average Bonchev–Trinajstić information content (AvgIpc) is 2.38. The number of anilines is 1. The quantitative estimate of drug-likeness (QED) is 0.866. The third-order valence-electron chi connectivity index (χ3n) is 3.34. The van der Waals surface area contributed by atoms with E-state index in [9.17, 15) is 13.6 Å². The Kier molecular flexibility index (Phi) is 4.23. The van der Waals surface area contributed by atoms with Gasteiger partial charge in [0.2, 0.25) is 0 Å². The highest BCUT2D eigenvalue weighted by Crippen LogP contribution is 2.32. The fourth-order valence-electron chi connectivity index (χ4n) is 2.29. The predicted molar refractivity (Wildman–Crippen MR) is 71.9 cm³/mol. The molecule has 1 aliphatic heterocycles. The van der Waals surface area contributed by atoms with Crippen LogP contribution in [0.5, 0.6) is 0 Å². The van der Waals surface area contributed by atoms with Gasteiger partial charge in [-0.3, -0.25) is 0 Å². The number of nitrogens with zero attached hydrogens (tertiary/aromatic N) is 1. The van der Waals surface area contributed by atoms with Gasteiger partial charge in [-0.1, -0.05) is 0 Å². The number of benzene rings is 1. The molecule has 1 atom stereocenters. The first-order chi connectivity index (χ1) is 9.43. The highest BCUT2D eigenvalue weighted by atomic mass is 19.3. The van der Waals surface area contributed by atoms with Crippen LogP contribution in [-0.2, 0) is 4.74 Å². The minimum Gasteiger partial charge on any atom is -0.462 e. The molecule has 1 aromatic carbocycles. The molecule has 2 N–H and O–H groups in total. The molecule has 0 bridgehead atoms. The van der Waals surface area contributed by atoms with Crippen LogP contribution in [0.3, 0.4) is 0 Å². The van der Waals surface area contributed by atoms with Crippen LogP contribution in [0.2, 0.25) is 0 Å². The van der Waals surface area contributed by atoms with E-state index in [1.807, 2.05) is 0 Å². The zero-order valence-corrected chi connectivity index (χ0v) is 11.3. The molecule has 2 rings (SSSR count). The third kappa shape index (κ3) is 3.25. The Morgan fingerprint density at radius 1 is 1.45 bits per heavy atom. The number of carbonyl (C=O) groups is 1. The fraction of sp³-hybridized carbons (Fsp3) is 0.500. The lowest BCUT2D eigenvalue weighted by molar-refractivity contribution is -0.0330. The summed E-state index contributed by atoms with van der Waals surface area (Å²) in [4.78, 5) is 13.3. The summed E-state index contributed by atoms with van der Waals surface area (Å²) in [5.74, 6) is -3.09. The maximum Gasteiger partial charge on any atom is 0.338 e. The number of rotatable bonds is 3. The first-order valence-electron chi connectivity index (χ1n) is 6.60. The number of hydrogen-bond donors (Lipinski definition) is 1. The van der Waals surface area contributed by atoms with Gasteiger partial charge in [-0.05, 0) is 31.2 Å². The van der Waals surface area contributed by atoms with Gasteiger partial charge in [0.1, 0.15) is 0 Å². The first kappa shape index (κ1) is 14.7. The number of carbonyl (C=O) groups excluding carboxylic acids is 1. The second kappa shape index (κ2) is 5.75. The summed E-state index contributed by atoms with van der Waals surface area (Å²) >= 11 is 0. The summed E-state index contributed by atoms with van der Waals surface area (Å²) in [7, 11) is 0. The standard InChI is InChI=1S/C14H18F2N2O2/c1-2-20-13(19)10-3-5-11(6-4-10)18-8-7-14(15,16)9-12(18)17/h3-6,12H,2,7-9,17H2,1H3. The lowest BCUT2D eigenvalue weighted by Gasteiger charge is -2.38. The Morgan fingerprint density at radius 3 is 2.65 bits per heavy atom. The molecule has 20 heavy (non-hydrogen) atoms. The second-order valence-corrected chi connectivity index (χ2v) is 4.84. The highest BCUT2D eigenvalue weighted by molar-refractivity contribution is 5.89. The predicted octanol–water partition coefficient (Wildman–Crippen LogP) is 2.38. The van der Waals surface area contributed by atoms with Gasteiger partial charge in [-0.25, -0.2) is 13.6 Å². The van der Waals surface area contributed by atoms with Crippen LogP contribution in [0.1, 0.15) is 30.1 Å². The topological polar surface area (TPSA) is 55.6 Å². The molecule has 1 unspecified atom stereocenters. The minimum atomic E-state index is -2.69. The number of hydrogen-bond acceptors (Lipinski definition) is 4. The number of esters is 1. The van der Waals surface area contributed by atoms with E-state index in [0.717, 1.165) is 5.69 Å². The van der Waals surface area contributed by atoms with Gasteiger partial charge in [0.05, 0.1) is 18.3 Å². The molecule has 0 amide bonds. The summed E-state index contributed by atoms with van der Waals surface area (Å²) in [6.45, 7) is 2.25. The van der Waals surface area contributed by atoms with Crippen LogP contribution in [0, 0.1) is 0 Å². The minimum absolute atomic E-state index is 0.201. The molecule has 1 aliphatic rings. The zero-order chi connectivity index (χ0) is 14.8. The molecule has 6 heteroatoms. The number of alkyl halides is 2. The van der Waals surface area contributed by atoms with Gasteiger partial charge >= 0.3 is 5.97 Å². The van der Waals surface area contributed by atoms with Crippen LogP contribution in [0.25, 0.3) is 0 Å². The smallest absolute Gasteiger partial charge is 0.338 e. The van der Waals surface area contributed by atoms with Gasteiger partial charge in [-0.15, -0.1) is 0 Å². The van der Waals surface area contributed by atoms with Gasteiger partial charge < -0.3 is 15.4 Å². The molecule has 1 aromatic rings. The average molecular weight is 284 g/mol. The van der Waals surface area contributed by atoms with E-state index in [1.54, 1.807) is 36.1 Å². The molecule has 1 heterocycles. The number of piperidine rings is 1. The van der Waals surface area contributed by atoms with Crippen molar-refractivity contribution in [3.05, 3.63) is 29.8 Å². The summed E-state index contributed by atoms with van der Waals surface area (Å²) in [6, 6.07) is 6.64. The maximum absolute atomic E-state index is 13.2. The van der Waals surface area contributed by atoms with Gasteiger partial charge in [-0.2, -0.15) is 0 Å². The Balaban J connectivity index is 2.09. The van der Waals surface area contributed by atoms with Crippen molar-refractivity contribution >= 4 is 11.7 Å². The molecule has 1 saturated heterocycles. The molecule has 0 aromatic heterocycles. The van der Waals surface area contributed by atoms with E-state index >= 15 is 0 Å². The van der Waals surface area contributed by atoms with Crippen molar-refractivity contribution in [1.82, 2.24) is 0 Å². The SMILES string of the molecule is CCOC(=O)c1ccc(N2CCC(F)(F)CC2N)cc1. The van der Waals surface area contributed by atoms with Crippen molar-refractivity contribution in [3.8, 4) is 0 Å². The van der Waals surface area contributed by atoms with Crippen molar-refractivity contribution < 1.29 is 18.3 Å².